The summed E-state index contributed by atoms with van der Waals surface area (Å²) in [6.45, 7) is 2.32. The topological polar surface area (TPSA) is 49.4 Å². The van der Waals surface area contributed by atoms with Crippen LogP contribution in [0.5, 0.6) is 0 Å². The largest absolute Gasteiger partial charge is 0.369 e. The molecule has 0 spiro atoms. The number of halogens is 4. The summed E-state index contributed by atoms with van der Waals surface area (Å²) in [6.07, 6.45) is -2.95. The average Bonchev–Trinajstić information content (AvgIpc) is 2.61. The zero-order valence-corrected chi connectivity index (χ0v) is 15.9. The van der Waals surface area contributed by atoms with Gasteiger partial charge in [-0.05, 0) is 30.3 Å². The maximum atomic E-state index is 13.9. The summed E-state index contributed by atoms with van der Waals surface area (Å²) in [5.74, 6) is 0. The summed E-state index contributed by atoms with van der Waals surface area (Å²) in [7, 11) is -4.24. The van der Waals surface area contributed by atoms with Crippen molar-refractivity contribution in [3.05, 3.63) is 52.0 Å². The molecule has 3 rings (SSSR count). The van der Waals surface area contributed by atoms with Gasteiger partial charge >= 0.3 is 0 Å². The lowest BCUT2D eigenvalue weighted by Crippen LogP contribution is -2.44. The van der Waals surface area contributed by atoms with Gasteiger partial charge in [0.15, 0.2) is 0 Å². The van der Waals surface area contributed by atoms with Crippen molar-refractivity contribution in [1.29, 1.82) is 0 Å². The van der Waals surface area contributed by atoms with E-state index in [0.29, 0.717) is 26.2 Å². The van der Waals surface area contributed by atoms with E-state index < -0.39 is 26.7 Å². The van der Waals surface area contributed by atoms with Gasteiger partial charge in [-0.25, -0.2) is 17.2 Å². The zero-order valence-electron chi connectivity index (χ0n) is 13.6. The standard InChI is InChI=1S/C17H16Cl2F2N2O2S/c18-11-4-5-14(12(19)10-11)26(24,25)15-3-1-2-13(16(15)17(20)21)23-8-6-22-7-9-23/h1-5,10,17,22H,6-9H2. The predicted molar refractivity (Wildman–Crippen MR) is 98.4 cm³/mol. The normalized spacial score (nSPS) is 15.5. The van der Waals surface area contributed by atoms with Gasteiger partial charge in [0.1, 0.15) is 0 Å². The Morgan fingerprint density at radius 2 is 1.73 bits per heavy atom. The van der Waals surface area contributed by atoms with Gasteiger partial charge in [0.05, 0.1) is 20.4 Å². The first-order valence-corrected chi connectivity index (χ1v) is 10.1. The summed E-state index contributed by atoms with van der Waals surface area (Å²) in [4.78, 5) is 1.08. The second-order valence-corrected chi connectivity index (χ2v) is 8.54. The van der Waals surface area contributed by atoms with Crippen LogP contribution in [0.4, 0.5) is 14.5 Å². The van der Waals surface area contributed by atoms with Crippen LogP contribution in [0.2, 0.25) is 10.0 Å². The summed E-state index contributed by atoms with van der Waals surface area (Å²) in [5.41, 5.74) is -0.270. The van der Waals surface area contributed by atoms with Gasteiger partial charge in [0, 0.05) is 36.9 Å². The lowest BCUT2D eigenvalue weighted by Gasteiger charge is -2.31. The SMILES string of the molecule is O=S(=O)(c1ccc(Cl)cc1Cl)c1cccc(N2CCNCC2)c1C(F)F. The molecule has 0 saturated carbocycles. The van der Waals surface area contributed by atoms with Crippen LogP contribution < -0.4 is 10.2 Å². The highest BCUT2D eigenvalue weighted by atomic mass is 35.5. The molecular weight excluding hydrogens is 405 g/mol. The van der Waals surface area contributed by atoms with E-state index in [-0.39, 0.29) is 20.6 Å². The Morgan fingerprint density at radius 3 is 2.35 bits per heavy atom. The fraction of sp³-hybridized carbons (Fsp3) is 0.294. The Labute approximate surface area is 160 Å². The molecule has 1 aliphatic rings. The fourth-order valence-corrected chi connectivity index (χ4v) is 5.23. The first-order chi connectivity index (χ1) is 12.3. The monoisotopic (exact) mass is 420 g/mol. The third-order valence-electron chi connectivity index (χ3n) is 4.19. The van der Waals surface area contributed by atoms with Gasteiger partial charge in [-0.2, -0.15) is 0 Å². The van der Waals surface area contributed by atoms with E-state index in [0.717, 1.165) is 0 Å². The fourth-order valence-electron chi connectivity index (χ4n) is 2.98. The molecule has 0 aromatic heterocycles. The first kappa shape index (κ1) is 19.4. The Hall–Kier alpha value is -1.41. The number of nitrogens with one attached hydrogen (secondary N) is 1. The highest BCUT2D eigenvalue weighted by molar-refractivity contribution is 7.91. The van der Waals surface area contributed by atoms with E-state index in [1.807, 2.05) is 0 Å². The molecule has 0 radical (unpaired) electrons. The van der Waals surface area contributed by atoms with Crippen molar-refractivity contribution in [2.75, 3.05) is 31.1 Å². The Balaban J connectivity index is 2.17. The van der Waals surface area contributed by atoms with Crippen molar-refractivity contribution in [2.24, 2.45) is 0 Å². The van der Waals surface area contributed by atoms with Crippen LogP contribution in [-0.4, -0.2) is 34.6 Å². The molecule has 0 unspecified atom stereocenters. The molecule has 1 saturated heterocycles. The highest BCUT2D eigenvalue weighted by Gasteiger charge is 2.31. The van der Waals surface area contributed by atoms with Gasteiger partial charge in [0.25, 0.3) is 6.43 Å². The summed E-state index contributed by atoms with van der Waals surface area (Å²) >= 11 is 11.8. The van der Waals surface area contributed by atoms with Gasteiger partial charge < -0.3 is 10.2 Å². The lowest BCUT2D eigenvalue weighted by molar-refractivity contribution is 0.148. The minimum Gasteiger partial charge on any atom is -0.369 e. The van der Waals surface area contributed by atoms with Crippen molar-refractivity contribution < 1.29 is 17.2 Å². The molecule has 0 aliphatic carbocycles. The third kappa shape index (κ3) is 3.67. The van der Waals surface area contributed by atoms with Crippen LogP contribution in [0.25, 0.3) is 0 Å². The van der Waals surface area contributed by atoms with Crippen LogP contribution in [0.3, 0.4) is 0 Å². The number of nitrogens with zero attached hydrogens (tertiary/aromatic N) is 1. The van der Waals surface area contributed by atoms with Gasteiger partial charge in [0.2, 0.25) is 9.84 Å². The maximum Gasteiger partial charge on any atom is 0.267 e. The van der Waals surface area contributed by atoms with E-state index in [2.05, 4.69) is 5.32 Å². The number of hydrogen-bond acceptors (Lipinski definition) is 4. The van der Waals surface area contributed by atoms with Crippen LogP contribution >= 0.6 is 23.2 Å². The molecule has 26 heavy (non-hydrogen) atoms. The van der Waals surface area contributed by atoms with Crippen molar-refractivity contribution in [3.63, 3.8) is 0 Å². The molecule has 0 bridgehead atoms. The van der Waals surface area contributed by atoms with Gasteiger partial charge in [-0.15, -0.1) is 0 Å². The van der Waals surface area contributed by atoms with Crippen LogP contribution in [0.1, 0.15) is 12.0 Å². The zero-order chi connectivity index (χ0) is 18.9. The average molecular weight is 421 g/mol. The molecule has 2 aromatic carbocycles. The number of benzene rings is 2. The smallest absolute Gasteiger partial charge is 0.267 e. The van der Waals surface area contributed by atoms with Crippen LogP contribution in [0, 0.1) is 0 Å². The van der Waals surface area contributed by atoms with Crippen LogP contribution in [-0.2, 0) is 9.84 Å². The molecule has 1 aliphatic heterocycles. The molecular formula is C17H16Cl2F2N2O2S. The van der Waals surface area contributed by atoms with Crippen molar-refractivity contribution in [3.8, 4) is 0 Å². The summed E-state index contributed by atoms with van der Waals surface area (Å²) in [5, 5.41) is 3.29. The molecule has 140 valence electrons. The first-order valence-electron chi connectivity index (χ1n) is 7.89. The number of alkyl halides is 2. The summed E-state index contributed by atoms with van der Waals surface area (Å²) < 4.78 is 53.9. The molecule has 0 atom stereocenters. The molecule has 0 amide bonds. The minimum atomic E-state index is -4.24. The molecule has 1 fully saturated rings. The van der Waals surface area contributed by atoms with Gasteiger partial charge in [-0.1, -0.05) is 29.3 Å². The van der Waals surface area contributed by atoms with E-state index in [1.54, 1.807) is 4.90 Å². The van der Waals surface area contributed by atoms with Crippen molar-refractivity contribution in [1.82, 2.24) is 5.32 Å². The predicted octanol–water partition coefficient (Wildman–Crippen LogP) is 4.17. The molecule has 1 N–H and O–H groups in total. The number of rotatable bonds is 4. The maximum absolute atomic E-state index is 13.9. The Bertz CT molecular complexity index is 917. The van der Waals surface area contributed by atoms with Gasteiger partial charge in [-0.3, -0.25) is 0 Å². The van der Waals surface area contributed by atoms with Crippen LogP contribution in [0.15, 0.2) is 46.2 Å². The van der Waals surface area contributed by atoms with E-state index in [9.17, 15) is 17.2 Å². The Morgan fingerprint density at radius 1 is 1.04 bits per heavy atom. The molecule has 2 aromatic rings. The number of piperazine rings is 1. The number of hydrogen-bond donors (Lipinski definition) is 1. The van der Waals surface area contributed by atoms with Crippen molar-refractivity contribution >= 4 is 38.7 Å². The molecule has 1 heterocycles. The van der Waals surface area contributed by atoms with E-state index in [1.165, 1.54) is 36.4 Å². The van der Waals surface area contributed by atoms with E-state index in [4.69, 9.17) is 23.2 Å². The minimum absolute atomic E-state index is 0.106. The second kappa shape index (κ2) is 7.68. The molecule has 4 nitrogen and oxygen atoms in total. The summed E-state index contributed by atoms with van der Waals surface area (Å²) in [6, 6.07) is 8.05. The quantitative estimate of drug-likeness (QED) is 0.805. The third-order valence-corrected chi connectivity index (χ3v) is 6.72. The lowest BCUT2D eigenvalue weighted by atomic mass is 10.1. The highest BCUT2D eigenvalue weighted by Crippen LogP contribution is 2.39. The molecule has 9 heteroatoms. The Kier molecular flexibility index (Phi) is 5.72. The number of anilines is 1. The van der Waals surface area contributed by atoms with Crippen molar-refractivity contribution in [2.45, 2.75) is 16.2 Å². The van der Waals surface area contributed by atoms with E-state index >= 15 is 0 Å². The second-order valence-electron chi connectivity index (χ2n) is 5.80. The number of sulfone groups is 1.